The smallest absolute Gasteiger partial charge is 0.106 e. The number of aromatic amines is 1. The van der Waals surface area contributed by atoms with Crippen molar-refractivity contribution in [2.45, 2.75) is 52.2 Å². The number of H-pyrrole nitrogens is 1. The van der Waals surface area contributed by atoms with Crippen LogP contribution in [-0.4, -0.2) is 21.1 Å². The summed E-state index contributed by atoms with van der Waals surface area (Å²) in [6.45, 7) is 5.30. The Kier molecular flexibility index (Phi) is 4.77. The zero-order valence-electron chi connectivity index (χ0n) is 15.6. The summed E-state index contributed by atoms with van der Waals surface area (Å²) in [7, 11) is 0. The minimum Gasteiger partial charge on any atom is -0.372 e. The fourth-order valence-electron chi connectivity index (χ4n) is 4.17. The van der Waals surface area contributed by atoms with E-state index in [1.54, 1.807) is 0 Å². The van der Waals surface area contributed by atoms with Gasteiger partial charge in [-0.25, -0.2) is 4.98 Å². The van der Waals surface area contributed by atoms with E-state index in [0.717, 1.165) is 29.9 Å². The van der Waals surface area contributed by atoms with Crippen LogP contribution in [0.3, 0.4) is 0 Å². The molecule has 0 radical (unpaired) electrons. The molecule has 3 aromatic rings. The van der Waals surface area contributed by atoms with Gasteiger partial charge in [-0.2, -0.15) is 0 Å². The molecule has 1 aliphatic carbocycles. The van der Waals surface area contributed by atoms with Crippen LogP contribution in [0.2, 0.25) is 0 Å². The van der Waals surface area contributed by atoms with Crippen LogP contribution in [0.1, 0.15) is 44.6 Å². The van der Waals surface area contributed by atoms with E-state index in [4.69, 9.17) is 9.72 Å². The van der Waals surface area contributed by atoms with Crippen LogP contribution < -0.4 is 0 Å². The summed E-state index contributed by atoms with van der Waals surface area (Å²) in [5.74, 6) is 1.55. The first-order valence-electron chi connectivity index (χ1n) is 9.54. The average molecular weight is 349 g/mol. The quantitative estimate of drug-likeness (QED) is 0.712. The lowest BCUT2D eigenvalue weighted by Crippen LogP contribution is -2.36. The summed E-state index contributed by atoms with van der Waals surface area (Å²) in [6.07, 6.45) is 8.43. The molecule has 0 saturated heterocycles. The molecule has 4 nitrogen and oxygen atoms in total. The van der Waals surface area contributed by atoms with Gasteiger partial charge in [-0.15, -0.1) is 0 Å². The largest absolute Gasteiger partial charge is 0.372 e. The Morgan fingerprint density at radius 3 is 2.92 bits per heavy atom. The molecular weight excluding hydrogens is 322 g/mol. The van der Waals surface area contributed by atoms with Crippen molar-refractivity contribution in [3.63, 3.8) is 0 Å². The summed E-state index contributed by atoms with van der Waals surface area (Å²) in [5, 5.41) is 1.17. The molecule has 1 saturated carbocycles. The number of rotatable bonds is 5. The number of nitrogens with one attached hydrogen (secondary N) is 1. The predicted molar refractivity (Wildman–Crippen MR) is 104 cm³/mol. The van der Waals surface area contributed by atoms with Gasteiger partial charge in [-0.3, -0.25) is 4.98 Å². The highest BCUT2D eigenvalue weighted by molar-refractivity contribution is 5.78. The molecule has 2 heterocycles. The first-order chi connectivity index (χ1) is 12.6. The number of aromatic nitrogens is 3. The molecule has 4 heteroatoms. The average Bonchev–Trinajstić information content (AvgIpc) is 3.13. The Bertz CT molecular complexity index is 857. The lowest BCUT2D eigenvalue weighted by Gasteiger charge is -2.40. The van der Waals surface area contributed by atoms with Crippen LogP contribution in [0.15, 0.2) is 48.8 Å². The molecule has 1 aliphatic rings. The van der Waals surface area contributed by atoms with Gasteiger partial charge >= 0.3 is 0 Å². The van der Waals surface area contributed by atoms with Crippen LogP contribution in [0, 0.1) is 11.3 Å². The molecule has 0 amide bonds. The number of benzene rings is 1. The molecule has 4 rings (SSSR count). The number of imidazole rings is 1. The first kappa shape index (κ1) is 17.2. The van der Waals surface area contributed by atoms with E-state index >= 15 is 0 Å². The zero-order chi connectivity index (χ0) is 18.0. The van der Waals surface area contributed by atoms with Crippen molar-refractivity contribution in [2.24, 2.45) is 11.3 Å². The van der Waals surface area contributed by atoms with Crippen LogP contribution >= 0.6 is 0 Å². The molecule has 2 atom stereocenters. The SMILES string of the molecule is CC1(C)CC[C@@H](OCc2ccc3ccccc3n2)[C@H](Cc2ncc[nH]2)C1. The Balaban J connectivity index is 1.45. The van der Waals surface area contributed by atoms with Crippen molar-refractivity contribution in [3.8, 4) is 0 Å². The summed E-state index contributed by atoms with van der Waals surface area (Å²) in [6, 6.07) is 12.4. The van der Waals surface area contributed by atoms with Gasteiger partial charge in [0.15, 0.2) is 0 Å². The molecule has 136 valence electrons. The molecule has 1 N–H and O–H groups in total. The number of hydrogen-bond donors (Lipinski definition) is 1. The second kappa shape index (κ2) is 7.20. The molecule has 26 heavy (non-hydrogen) atoms. The van der Waals surface area contributed by atoms with Gasteiger partial charge in [-0.05, 0) is 42.7 Å². The van der Waals surface area contributed by atoms with E-state index in [1.807, 2.05) is 24.5 Å². The maximum atomic E-state index is 6.37. The first-order valence-corrected chi connectivity index (χ1v) is 9.54. The predicted octanol–water partition coefficient (Wildman–Crippen LogP) is 4.91. The number of ether oxygens (including phenoxy) is 1. The summed E-state index contributed by atoms with van der Waals surface area (Å²) in [5.41, 5.74) is 2.41. The topological polar surface area (TPSA) is 50.8 Å². The Hall–Kier alpha value is -2.20. The van der Waals surface area contributed by atoms with Crippen molar-refractivity contribution < 1.29 is 4.74 Å². The lowest BCUT2D eigenvalue weighted by molar-refractivity contribution is -0.0480. The molecule has 1 fully saturated rings. The van der Waals surface area contributed by atoms with E-state index in [-0.39, 0.29) is 6.10 Å². The number of hydrogen-bond acceptors (Lipinski definition) is 3. The van der Waals surface area contributed by atoms with Gasteiger partial charge < -0.3 is 9.72 Å². The second-order valence-corrected chi connectivity index (χ2v) is 8.25. The third-order valence-corrected chi connectivity index (χ3v) is 5.56. The molecular formula is C22H27N3O. The van der Waals surface area contributed by atoms with Crippen molar-refractivity contribution in [1.29, 1.82) is 0 Å². The van der Waals surface area contributed by atoms with Gasteiger partial charge in [-0.1, -0.05) is 38.1 Å². The number of pyridine rings is 1. The van der Waals surface area contributed by atoms with Crippen molar-refractivity contribution >= 4 is 10.9 Å². The van der Waals surface area contributed by atoms with Gasteiger partial charge in [0.05, 0.1) is 23.9 Å². The van der Waals surface area contributed by atoms with Crippen LogP contribution in [0.25, 0.3) is 10.9 Å². The molecule has 1 aromatic carbocycles. The second-order valence-electron chi connectivity index (χ2n) is 8.25. The van der Waals surface area contributed by atoms with Gasteiger partial charge in [0.25, 0.3) is 0 Å². The third kappa shape index (κ3) is 3.96. The third-order valence-electron chi connectivity index (χ3n) is 5.56. The van der Waals surface area contributed by atoms with E-state index in [2.05, 4.69) is 48.1 Å². The Morgan fingerprint density at radius 2 is 2.08 bits per heavy atom. The Labute approximate surface area is 155 Å². The molecule has 0 aliphatic heterocycles. The van der Waals surface area contributed by atoms with E-state index in [0.29, 0.717) is 17.9 Å². The summed E-state index contributed by atoms with van der Waals surface area (Å²) >= 11 is 0. The molecule has 0 unspecified atom stereocenters. The monoisotopic (exact) mass is 349 g/mol. The Morgan fingerprint density at radius 1 is 1.19 bits per heavy atom. The molecule has 0 bridgehead atoms. The highest BCUT2D eigenvalue weighted by Gasteiger charge is 2.35. The van der Waals surface area contributed by atoms with Crippen LogP contribution in [0.5, 0.6) is 0 Å². The van der Waals surface area contributed by atoms with Gasteiger partial charge in [0.2, 0.25) is 0 Å². The fourth-order valence-corrected chi connectivity index (χ4v) is 4.17. The fraction of sp³-hybridized carbons (Fsp3) is 0.455. The van der Waals surface area contributed by atoms with E-state index in [1.165, 1.54) is 18.2 Å². The maximum absolute atomic E-state index is 6.37. The van der Waals surface area contributed by atoms with Crippen LogP contribution in [0.4, 0.5) is 0 Å². The zero-order valence-corrected chi connectivity index (χ0v) is 15.6. The minimum atomic E-state index is 0.265. The highest BCUT2D eigenvalue weighted by atomic mass is 16.5. The number of nitrogens with zero attached hydrogens (tertiary/aromatic N) is 2. The number of fused-ring (bicyclic) bond motifs is 1. The van der Waals surface area contributed by atoms with E-state index in [9.17, 15) is 0 Å². The number of para-hydroxylation sites is 1. The molecule has 0 spiro atoms. The van der Waals surface area contributed by atoms with Gasteiger partial charge in [0, 0.05) is 24.2 Å². The van der Waals surface area contributed by atoms with Gasteiger partial charge in [0.1, 0.15) is 5.82 Å². The van der Waals surface area contributed by atoms with E-state index < -0.39 is 0 Å². The summed E-state index contributed by atoms with van der Waals surface area (Å²) in [4.78, 5) is 12.4. The highest BCUT2D eigenvalue weighted by Crippen LogP contribution is 2.41. The van der Waals surface area contributed by atoms with Crippen molar-refractivity contribution in [2.75, 3.05) is 0 Å². The lowest BCUT2D eigenvalue weighted by atomic mass is 9.70. The molecule has 2 aromatic heterocycles. The van der Waals surface area contributed by atoms with Crippen LogP contribution in [-0.2, 0) is 17.8 Å². The minimum absolute atomic E-state index is 0.265. The summed E-state index contributed by atoms with van der Waals surface area (Å²) < 4.78 is 6.37. The standard InChI is InChI=1S/C22H27N3O/c1-22(2)10-9-20(17(14-22)13-21-23-11-12-24-21)26-15-18-8-7-16-5-3-4-6-19(16)25-18/h3-8,11-12,17,20H,9-10,13-15H2,1-2H3,(H,23,24)/t17-,20-/m1/s1. The maximum Gasteiger partial charge on any atom is 0.106 e. The van der Waals surface area contributed by atoms with Crippen molar-refractivity contribution in [1.82, 2.24) is 15.0 Å². The normalized spacial score (nSPS) is 22.5. The van der Waals surface area contributed by atoms with Crippen molar-refractivity contribution in [3.05, 3.63) is 60.3 Å².